The molecule has 0 aromatic carbocycles. The Labute approximate surface area is 100 Å². The summed E-state index contributed by atoms with van der Waals surface area (Å²) in [7, 11) is 0. The molecule has 0 aromatic heterocycles. The van der Waals surface area contributed by atoms with Crippen LogP contribution in [0, 0.1) is 11.3 Å². The number of ether oxygens (including phenoxy) is 1. The minimum atomic E-state index is 0.458. The van der Waals surface area contributed by atoms with Crippen molar-refractivity contribution in [2.75, 3.05) is 19.8 Å². The molecule has 2 fully saturated rings. The van der Waals surface area contributed by atoms with E-state index in [0.717, 1.165) is 25.7 Å². The highest BCUT2D eigenvalue weighted by Crippen LogP contribution is 2.38. The van der Waals surface area contributed by atoms with Gasteiger partial charge in [-0.25, -0.2) is 0 Å². The Kier molecular flexibility index (Phi) is 4.26. The van der Waals surface area contributed by atoms with E-state index in [-0.39, 0.29) is 0 Å². The highest BCUT2D eigenvalue weighted by molar-refractivity contribution is 4.87. The molecule has 0 aromatic rings. The zero-order valence-corrected chi connectivity index (χ0v) is 10.9. The van der Waals surface area contributed by atoms with E-state index in [0.29, 0.717) is 11.5 Å². The molecule has 94 valence electrons. The summed E-state index contributed by atoms with van der Waals surface area (Å²) in [5.41, 5.74) is 0.458. The van der Waals surface area contributed by atoms with Gasteiger partial charge in [0, 0.05) is 24.6 Å². The Morgan fingerprint density at radius 3 is 2.50 bits per heavy atom. The van der Waals surface area contributed by atoms with Crippen LogP contribution in [0.2, 0.25) is 0 Å². The molecule has 0 spiro atoms. The van der Waals surface area contributed by atoms with Crippen molar-refractivity contribution >= 4 is 0 Å². The Bertz CT molecular complexity index is 205. The standard InChI is InChI=1S/C14H27NO/c1-12(2)15-10-14(7-3-4-8-14)11-16-9-13-5-6-13/h12-13,15H,3-11H2,1-2H3. The van der Waals surface area contributed by atoms with Gasteiger partial charge in [0.1, 0.15) is 0 Å². The Balaban J connectivity index is 1.72. The van der Waals surface area contributed by atoms with Gasteiger partial charge in [-0.15, -0.1) is 0 Å². The van der Waals surface area contributed by atoms with Gasteiger partial charge in [-0.2, -0.15) is 0 Å². The highest BCUT2D eigenvalue weighted by Gasteiger charge is 2.34. The summed E-state index contributed by atoms with van der Waals surface area (Å²) in [6.45, 7) is 7.61. The SMILES string of the molecule is CC(C)NCC1(COCC2CC2)CCCC1. The summed E-state index contributed by atoms with van der Waals surface area (Å²) in [4.78, 5) is 0. The van der Waals surface area contributed by atoms with Crippen molar-refractivity contribution in [3.63, 3.8) is 0 Å². The monoisotopic (exact) mass is 225 g/mol. The van der Waals surface area contributed by atoms with Gasteiger partial charge in [-0.3, -0.25) is 0 Å². The second-order valence-corrected chi connectivity index (χ2v) is 6.20. The minimum absolute atomic E-state index is 0.458. The summed E-state index contributed by atoms with van der Waals surface area (Å²) < 4.78 is 5.94. The van der Waals surface area contributed by atoms with Gasteiger partial charge in [0.25, 0.3) is 0 Å². The average Bonchev–Trinajstić information content (AvgIpc) is 2.94. The Hall–Kier alpha value is -0.0800. The lowest BCUT2D eigenvalue weighted by Crippen LogP contribution is -2.39. The van der Waals surface area contributed by atoms with E-state index < -0.39 is 0 Å². The van der Waals surface area contributed by atoms with Crippen molar-refractivity contribution in [2.24, 2.45) is 11.3 Å². The molecule has 2 saturated carbocycles. The third-order valence-corrected chi connectivity index (χ3v) is 4.01. The van der Waals surface area contributed by atoms with Crippen molar-refractivity contribution in [3.8, 4) is 0 Å². The summed E-state index contributed by atoms with van der Waals surface area (Å²) >= 11 is 0. The first-order chi connectivity index (χ1) is 7.70. The van der Waals surface area contributed by atoms with Crippen LogP contribution < -0.4 is 5.32 Å². The predicted molar refractivity (Wildman–Crippen MR) is 67.6 cm³/mol. The molecule has 0 unspecified atom stereocenters. The molecule has 0 amide bonds. The van der Waals surface area contributed by atoms with Gasteiger partial charge in [-0.05, 0) is 31.6 Å². The quantitative estimate of drug-likeness (QED) is 0.719. The molecular weight excluding hydrogens is 198 g/mol. The number of nitrogens with one attached hydrogen (secondary N) is 1. The van der Waals surface area contributed by atoms with E-state index in [1.54, 1.807) is 0 Å². The fourth-order valence-electron chi connectivity index (χ4n) is 2.64. The average molecular weight is 225 g/mol. The summed E-state index contributed by atoms with van der Waals surface area (Å²) in [5.74, 6) is 0.900. The molecule has 0 saturated heterocycles. The van der Waals surface area contributed by atoms with Crippen LogP contribution in [-0.2, 0) is 4.74 Å². The van der Waals surface area contributed by atoms with Crippen molar-refractivity contribution in [3.05, 3.63) is 0 Å². The van der Waals surface area contributed by atoms with Crippen LogP contribution in [-0.4, -0.2) is 25.8 Å². The molecule has 2 aliphatic rings. The summed E-state index contributed by atoms with van der Waals surface area (Å²) in [5, 5.41) is 3.60. The molecule has 0 atom stereocenters. The fraction of sp³-hybridized carbons (Fsp3) is 1.00. The summed E-state index contributed by atoms with van der Waals surface area (Å²) in [6, 6.07) is 0.598. The Morgan fingerprint density at radius 2 is 1.94 bits per heavy atom. The van der Waals surface area contributed by atoms with Gasteiger partial charge in [-0.1, -0.05) is 26.7 Å². The molecule has 1 N–H and O–H groups in total. The fourth-order valence-corrected chi connectivity index (χ4v) is 2.64. The van der Waals surface area contributed by atoms with Crippen LogP contribution in [0.5, 0.6) is 0 Å². The van der Waals surface area contributed by atoms with E-state index in [1.165, 1.54) is 38.5 Å². The first-order valence-corrected chi connectivity index (χ1v) is 7.01. The maximum absolute atomic E-state index is 5.94. The lowest BCUT2D eigenvalue weighted by Gasteiger charge is -2.30. The van der Waals surface area contributed by atoms with Crippen LogP contribution in [0.4, 0.5) is 0 Å². The molecule has 2 heteroatoms. The second kappa shape index (κ2) is 5.50. The zero-order valence-electron chi connectivity index (χ0n) is 10.9. The maximum atomic E-state index is 5.94. The molecule has 0 heterocycles. The van der Waals surface area contributed by atoms with Crippen molar-refractivity contribution in [2.45, 2.75) is 58.4 Å². The number of rotatable bonds is 7. The molecule has 2 nitrogen and oxygen atoms in total. The third-order valence-electron chi connectivity index (χ3n) is 4.01. The van der Waals surface area contributed by atoms with Gasteiger partial charge in [0.15, 0.2) is 0 Å². The van der Waals surface area contributed by atoms with Gasteiger partial charge >= 0.3 is 0 Å². The van der Waals surface area contributed by atoms with Crippen LogP contribution in [0.3, 0.4) is 0 Å². The van der Waals surface area contributed by atoms with Crippen molar-refractivity contribution < 1.29 is 4.74 Å². The number of hydrogen-bond acceptors (Lipinski definition) is 2. The van der Waals surface area contributed by atoms with Crippen molar-refractivity contribution in [1.29, 1.82) is 0 Å². The van der Waals surface area contributed by atoms with Crippen LogP contribution in [0.1, 0.15) is 52.4 Å². The molecule has 16 heavy (non-hydrogen) atoms. The maximum Gasteiger partial charge on any atom is 0.0534 e. The topological polar surface area (TPSA) is 21.3 Å². The smallest absolute Gasteiger partial charge is 0.0534 e. The van der Waals surface area contributed by atoms with Crippen LogP contribution in [0.15, 0.2) is 0 Å². The van der Waals surface area contributed by atoms with Gasteiger partial charge in [0.2, 0.25) is 0 Å². The van der Waals surface area contributed by atoms with E-state index in [9.17, 15) is 0 Å². The third kappa shape index (κ3) is 3.74. The van der Waals surface area contributed by atoms with E-state index in [2.05, 4.69) is 19.2 Å². The van der Waals surface area contributed by atoms with E-state index in [1.807, 2.05) is 0 Å². The predicted octanol–water partition coefficient (Wildman–Crippen LogP) is 2.97. The largest absolute Gasteiger partial charge is 0.381 e. The molecule has 0 radical (unpaired) electrons. The minimum Gasteiger partial charge on any atom is -0.381 e. The molecule has 0 aliphatic heterocycles. The summed E-state index contributed by atoms with van der Waals surface area (Å²) in [6.07, 6.45) is 8.31. The Morgan fingerprint density at radius 1 is 1.25 bits per heavy atom. The molecule has 0 bridgehead atoms. The normalized spacial score (nSPS) is 24.2. The molecule has 2 rings (SSSR count). The van der Waals surface area contributed by atoms with Crippen LogP contribution in [0.25, 0.3) is 0 Å². The zero-order chi connectivity index (χ0) is 11.4. The van der Waals surface area contributed by atoms with Crippen molar-refractivity contribution in [1.82, 2.24) is 5.32 Å². The lowest BCUT2D eigenvalue weighted by atomic mass is 9.87. The van der Waals surface area contributed by atoms with Crippen LogP contribution >= 0.6 is 0 Å². The van der Waals surface area contributed by atoms with E-state index in [4.69, 9.17) is 4.74 Å². The number of hydrogen-bond donors (Lipinski definition) is 1. The van der Waals surface area contributed by atoms with Gasteiger partial charge in [0.05, 0.1) is 6.61 Å². The van der Waals surface area contributed by atoms with E-state index >= 15 is 0 Å². The van der Waals surface area contributed by atoms with Gasteiger partial charge < -0.3 is 10.1 Å². The molecular formula is C14H27NO. The first kappa shape index (κ1) is 12.4. The first-order valence-electron chi connectivity index (χ1n) is 7.01. The highest BCUT2D eigenvalue weighted by atomic mass is 16.5. The molecule has 2 aliphatic carbocycles. The lowest BCUT2D eigenvalue weighted by molar-refractivity contribution is 0.0395. The second-order valence-electron chi connectivity index (χ2n) is 6.20.